The molecule has 1 atom stereocenters. The number of nitrogens with zero attached hydrogens (tertiary/aromatic N) is 3. The Labute approximate surface area is 200 Å². The van der Waals surface area contributed by atoms with E-state index in [1.807, 2.05) is 0 Å². The van der Waals surface area contributed by atoms with Crippen LogP contribution in [0.25, 0.3) is 11.4 Å². The zero-order valence-electron chi connectivity index (χ0n) is 18.0. The van der Waals surface area contributed by atoms with Crippen molar-refractivity contribution in [2.75, 3.05) is 11.9 Å². The van der Waals surface area contributed by atoms with Gasteiger partial charge in [0, 0.05) is 0 Å². The predicted octanol–water partition coefficient (Wildman–Crippen LogP) is 5.46. The molecule has 2 aromatic carbocycles. The first kappa shape index (κ1) is 24.9. The molecule has 4 rings (SSSR count). The Kier molecular flexibility index (Phi) is 6.69. The molecule has 35 heavy (non-hydrogen) atoms. The number of carbonyl (C=O) groups is 1. The highest BCUT2D eigenvalue weighted by molar-refractivity contribution is 6.34. The maximum absolute atomic E-state index is 15.1. The number of carbonyl (C=O) groups excluding carboxylic acids is 1. The molecular formula is C22H18ClF5N4O3. The van der Waals surface area contributed by atoms with Crippen LogP contribution >= 0.6 is 11.6 Å². The van der Waals surface area contributed by atoms with E-state index in [0.717, 1.165) is 25.0 Å². The molecule has 1 aliphatic carbocycles. The largest absolute Gasteiger partial charge is 0.483 e. The van der Waals surface area contributed by atoms with Gasteiger partial charge in [-0.1, -0.05) is 17.7 Å². The molecule has 0 radical (unpaired) electrons. The van der Waals surface area contributed by atoms with E-state index >= 15 is 4.39 Å². The molecule has 0 unspecified atom stereocenters. The summed E-state index contributed by atoms with van der Waals surface area (Å²) >= 11 is 5.88. The van der Waals surface area contributed by atoms with Crippen LogP contribution in [0.15, 0.2) is 30.3 Å². The van der Waals surface area contributed by atoms with Gasteiger partial charge in [0.05, 0.1) is 27.9 Å². The highest BCUT2D eigenvalue weighted by Gasteiger charge is 2.32. The quantitative estimate of drug-likeness (QED) is 0.407. The Balaban J connectivity index is 1.75. The van der Waals surface area contributed by atoms with E-state index in [0.29, 0.717) is 6.07 Å². The maximum atomic E-state index is 15.1. The third-order valence-electron chi connectivity index (χ3n) is 5.07. The molecule has 1 heterocycles. The first-order chi connectivity index (χ1) is 16.4. The van der Waals surface area contributed by atoms with Gasteiger partial charge in [0.25, 0.3) is 5.91 Å². The van der Waals surface area contributed by atoms with Gasteiger partial charge < -0.3 is 15.2 Å². The summed E-state index contributed by atoms with van der Waals surface area (Å²) in [6.07, 6.45) is -4.23. The number of aliphatic hydroxyl groups is 1. The summed E-state index contributed by atoms with van der Waals surface area (Å²) in [4.78, 5) is 16.9. The third-order valence-corrected chi connectivity index (χ3v) is 5.39. The van der Waals surface area contributed by atoms with Crippen molar-refractivity contribution in [3.63, 3.8) is 0 Å². The molecule has 1 amide bonds. The zero-order valence-corrected chi connectivity index (χ0v) is 18.8. The number of anilines is 1. The molecular weight excluding hydrogens is 499 g/mol. The third kappa shape index (κ3) is 5.54. The number of benzene rings is 2. The summed E-state index contributed by atoms with van der Waals surface area (Å²) in [5, 5.41) is 16.1. The SMILES string of the molecule is C[C@@H](O)c1nc(-c2cc(OCC(F)(F)F)c(C(=O)Nc3c(F)cccc3Cl)cc2F)nn1C1CC1. The van der Waals surface area contributed by atoms with Crippen LogP contribution in [0.3, 0.4) is 0 Å². The van der Waals surface area contributed by atoms with Gasteiger partial charge in [0.15, 0.2) is 18.3 Å². The molecule has 2 N–H and O–H groups in total. The van der Waals surface area contributed by atoms with Gasteiger partial charge in [-0.05, 0) is 44.0 Å². The van der Waals surface area contributed by atoms with Crippen LogP contribution in [0, 0.1) is 11.6 Å². The average molecular weight is 517 g/mol. The number of alkyl halides is 3. The van der Waals surface area contributed by atoms with Crippen molar-refractivity contribution in [1.29, 1.82) is 0 Å². The molecule has 13 heteroatoms. The fraction of sp³-hybridized carbons (Fsp3) is 0.318. The van der Waals surface area contributed by atoms with Crippen molar-refractivity contribution in [2.24, 2.45) is 0 Å². The van der Waals surface area contributed by atoms with Crippen molar-refractivity contribution < 1.29 is 36.6 Å². The summed E-state index contributed by atoms with van der Waals surface area (Å²) in [6.45, 7) is -0.330. The van der Waals surface area contributed by atoms with Crippen LogP contribution in [0.1, 0.15) is 48.1 Å². The van der Waals surface area contributed by atoms with Gasteiger partial charge >= 0.3 is 6.18 Å². The lowest BCUT2D eigenvalue weighted by atomic mass is 10.1. The van der Waals surface area contributed by atoms with Crippen LogP contribution < -0.4 is 10.1 Å². The summed E-state index contributed by atoms with van der Waals surface area (Å²) < 4.78 is 74.0. The molecule has 1 aromatic heterocycles. The smallest absolute Gasteiger partial charge is 0.422 e. The fourth-order valence-corrected chi connectivity index (χ4v) is 3.51. The molecule has 0 bridgehead atoms. The lowest BCUT2D eigenvalue weighted by molar-refractivity contribution is -0.153. The number of para-hydroxylation sites is 1. The van der Waals surface area contributed by atoms with Crippen LogP contribution in [0.5, 0.6) is 5.75 Å². The molecule has 1 saturated carbocycles. The maximum Gasteiger partial charge on any atom is 0.422 e. The monoisotopic (exact) mass is 516 g/mol. The minimum absolute atomic E-state index is 0.0274. The number of hydrogen-bond donors (Lipinski definition) is 2. The van der Waals surface area contributed by atoms with E-state index < -0.39 is 53.4 Å². The van der Waals surface area contributed by atoms with Crippen LogP contribution in [-0.2, 0) is 0 Å². The lowest BCUT2D eigenvalue weighted by Crippen LogP contribution is -2.22. The van der Waals surface area contributed by atoms with Gasteiger partial charge in [0.2, 0.25) is 0 Å². The number of halogens is 6. The zero-order chi connectivity index (χ0) is 25.5. The summed E-state index contributed by atoms with van der Waals surface area (Å²) in [7, 11) is 0. The van der Waals surface area contributed by atoms with E-state index in [-0.39, 0.29) is 28.3 Å². The van der Waals surface area contributed by atoms with Crippen molar-refractivity contribution in [3.05, 3.63) is 58.4 Å². The van der Waals surface area contributed by atoms with E-state index in [1.54, 1.807) is 0 Å². The molecule has 0 spiro atoms. The van der Waals surface area contributed by atoms with Crippen LogP contribution in [-0.4, -0.2) is 38.6 Å². The Morgan fingerprint density at radius 1 is 1.29 bits per heavy atom. The summed E-state index contributed by atoms with van der Waals surface area (Å²) in [5.74, 6) is -3.77. The minimum Gasteiger partial charge on any atom is -0.483 e. The Bertz CT molecular complexity index is 1230. The van der Waals surface area contributed by atoms with Gasteiger partial charge in [-0.25, -0.2) is 18.4 Å². The Hall–Kier alpha value is -3.25. The Morgan fingerprint density at radius 2 is 2.00 bits per heavy atom. The molecule has 0 aliphatic heterocycles. The standard InChI is InChI=1S/C22H18ClF5N4O3/c1-10(33)20-30-19(31-32(20)11-5-6-11)12-8-17(35-9-22(26,27)28)13(7-16(12)25)21(34)29-18-14(23)3-2-4-15(18)24/h2-4,7-8,10-11,33H,5-6,9H2,1H3,(H,29,34)/t10-/m1/s1. The van der Waals surface area contributed by atoms with Crippen LogP contribution in [0.4, 0.5) is 27.6 Å². The number of amides is 1. The minimum atomic E-state index is -4.76. The van der Waals surface area contributed by atoms with Gasteiger partial charge in [-0.15, -0.1) is 0 Å². The van der Waals surface area contributed by atoms with Gasteiger partial charge in [-0.3, -0.25) is 4.79 Å². The van der Waals surface area contributed by atoms with E-state index in [9.17, 15) is 27.5 Å². The summed E-state index contributed by atoms with van der Waals surface area (Å²) in [5.41, 5.74) is -1.41. The Morgan fingerprint density at radius 3 is 2.60 bits per heavy atom. The van der Waals surface area contributed by atoms with Crippen molar-refractivity contribution in [2.45, 2.75) is 38.1 Å². The number of ether oxygens (including phenoxy) is 1. The fourth-order valence-electron chi connectivity index (χ4n) is 3.30. The number of aromatic nitrogens is 3. The molecule has 186 valence electrons. The molecule has 0 saturated heterocycles. The van der Waals surface area contributed by atoms with Crippen LogP contribution in [0.2, 0.25) is 5.02 Å². The number of hydrogen-bond acceptors (Lipinski definition) is 5. The second kappa shape index (κ2) is 9.42. The van der Waals surface area contributed by atoms with E-state index in [2.05, 4.69) is 15.4 Å². The molecule has 1 aliphatic rings. The van der Waals surface area contributed by atoms with Crippen molar-refractivity contribution in [3.8, 4) is 17.1 Å². The molecule has 7 nitrogen and oxygen atoms in total. The molecule has 3 aromatic rings. The normalized spacial score (nSPS) is 14.6. The predicted molar refractivity (Wildman–Crippen MR) is 115 cm³/mol. The van der Waals surface area contributed by atoms with E-state index in [1.165, 1.54) is 23.7 Å². The second-order valence-corrected chi connectivity index (χ2v) is 8.34. The first-order valence-corrected chi connectivity index (χ1v) is 10.8. The highest BCUT2D eigenvalue weighted by Crippen LogP contribution is 2.38. The lowest BCUT2D eigenvalue weighted by Gasteiger charge is -2.15. The number of rotatable bonds is 7. The number of nitrogens with one attached hydrogen (secondary N) is 1. The molecule has 1 fully saturated rings. The summed E-state index contributed by atoms with van der Waals surface area (Å²) in [6, 6.07) is 5.05. The van der Waals surface area contributed by atoms with Crippen molar-refractivity contribution in [1.82, 2.24) is 14.8 Å². The second-order valence-electron chi connectivity index (χ2n) is 7.93. The number of aliphatic hydroxyl groups excluding tert-OH is 1. The van der Waals surface area contributed by atoms with E-state index in [4.69, 9.17) is 16.3 Å². The topological polar surface area (TPSA) is 89.3 Å². The highest BCUT2D eigenvalue weighted by atomic mass is 35.5. The average Bonchev–Trinajstić information content (AvgIpc) is 3.52. The van der Waals surface area contributed by atoms with Crippen molar-refractivity contribution >= 4 is 23.2 Å². The first-order valence-electron chi connectivity index (χ1n) is 10.4. The van der Waals surface area contributed by atoms with Gasteiger partial charge in [-0.2, -0.15) is 18.3 Å². The van der Waals surface area contributed by atoms with Gasteiger partial charge in [0.1, 0.15) is 23.5 Å².